The van der Waals surface area contributed by atoms with Crippen molar-refractivity contribution in [2.75, 3.05) is 6.54 Å². The first-order valence-corrected chi connectivity index (χ1v) is 8.12. The number of benzene rings is 1. The molecule has 3 aromatic rings. The summed E-state index contributed by atoms with van der Waals surface area (Å²) in [5, 5.41) is 3.40. The SMILES string of the molecule is Brc1ccc(-c2ccc(CNCCCn3ccnc3)o2)cc1. The maximum atomic E-state index is 5.87. The summed E-state index contributed by atoms with van der Waals surface area (Å²) in [4.78, 5) is 4.03. The average Bonchev–Trinajstić information content (AvgIpc) is 3.19. The van der Waals surface area contributed by atoms with E-state index in [0.717, 1.165) is 47.6 Å². The van der Waals surface area contributed by atoms with Gasteiger partial charge in [0.05, 0.1) is 12.9 Å². The Labute approximate surface area is 138 Å². The zero-order valence-corrected chi connectivity index (χ0v) is 13.8. The van der Waals surface area contributed by atoms with Crippen molar-refractivity contribution in [1.29, 1.82) is 0 Å². The highest BCUT2D eigenvalue weighted by molar-refractivity contribution is 9.10. The van der Waals surface area contributed by atoms with E-state index in [9.17, 15) is 0 Å². The van der Waals surface area contributed by atoms with Gasteiger partial charge in [0.1, 0.15) is 11.5 Å². The molecule has 0 aliphatic carbocycles. The lowest BCUT2D eigenvalue weighted by Gasteiger charge is -2.04. The van der Waals surface area contributed by atoms with E-state index in [0.29, 0.717) is 0 Å². The number of imidazole rings is 1. The molecule has 0 saturated carbocycles. The highest BCUT2D eigenvalue weighted by Crippen LogP contribution is 2.23. The van der Waals surface area contributed by atoms with Gasteiger partial charge in [-0.2, -0.15) is 0 Å². The van der Waals surface area contributed by atoms with Crippen molar-refractivity contribution in [3.8, 4) is 11.3 Å². The summed E-state index contributed by atoms with van der Waals surface area (Å²) in [6, 6.07) is 12.2. The van der Waals surface area contributed by atoms with Gasteiger partial charge in [-0.3, -0.25) is 0 Å². The molecule has 5 heteroatoms. The molecule has 1 N–H and O–H groups in total. The molecular weight excluding hydrogens is 342 g/mol. The van der Waals surface area contributed by atoms with E-state index in [-0.39, 0.29) is 0 Å². The molecule has 22 heavy (non-hydrogen) atoms. The van der Waals surface area contributed by atoms with Crippen molar-refractivity contribution < 1.29 is 4.42 Å². The molecule has 0 spiro atoms. The predicted molar refractivity (Wildman–Crippen MR) is 90.4 cm³/mol. The van der Waals surface area contributed by atoms with Crippen molar-refractivity contribution in [1.82, 2.24) is 14.9 Å². The number of furan rings is 1. The molecule has 0 atom stereocenters. The summed E-state index contributed by atoms with van der Waals surface area (Å²) in [7, 11) is 0. The van der Waals surface area contributed by atoms with Crippen molar-refractivity contribution in [2.24, 2.45) is 0 Å². The van der Waals surface area contributed by atoms with Gasteiger partial charge in [0, 0.05) is 29.0 Å². The number of nitrogens with zero attached hydrogens (tertiary/aromatic N) is 2. The van der Waals surface area contributed by atoms with Gasteiger partial charge >= 0.3 is 0 Å². The smallest absolute Gasteiger partial charge is 0.134 e. The lowest BCUT2D eigenvalue weighted by molar-refractivity contribution is 0.484. The molecule has 1 aromatic carbocycles. The Morgan fingerprint density at radius 3 is 2.77 bits per heavy atom. The second-order valence-corrected chi connectivity index (χ2v) is 6.02. The minimum Gasteiger partial charge on any atom is -0.460 e. The zero-order valence-electron chi connectivity index (χ0n) is 12.2. The summed E-state index contributed by atoms with van der Waals surface area (Å²) in [5.74, 6) is 1.86. The van der Waals surface area contributed by atoms with Crippen LogP contribution in [0.2, 0.25) is 0 Å². The lowest BCUT2D eigenvalue weighted by Crippen LogP contribution is -2.15. The fraction of sp³-hybridized carbons (Fsp3) is 0.235. The first-order chi connectivity index (χ1) is 10.8. The van der Waals surface area contributed by atoms with Crippen LogP contribution in [0.1, 0.15) is 12.2 Å². The molecule has 0 bridgehead atoms. The predicted octanol–water partition coefficient (Wildman–Crippen LogP) is 4.09. The Hall–Kier alpha value is -1.85. The van der Waals surface area contributed by atoms with Gasteiger partial charge in [0.2, 0.25) is 0 Å². The highest BCUT2D eigenvalue weighted by atomic mass is 79.9. The van der Waals surface area contributed by atoms with E-state index in [1.54, 1.807) is 6.20 Å². The summed E-state index contributed by atoms with van der Waals surface area (Å²) in [5.41, 5.74) is 1.09. The Bertz CT molecular complexity index is 689. The summed E-state index contributed by atoms with van der Waals surface area (Å²) in [6.45, 7) is 2.68. The van der Waals surface area contributed by atoms with Crippen LogP contribution in [0, 0.1) is 0 Å². The highest BCUT2D eigenvalue weighted by Gasteiger charge is 2.04. The van der Waals surface area contributed by atoms with Crippen LogP contribution in [0.3, 0.4) is 0 Å². The van der Waals surface area contributed by atoms with Gasteiger partial charge in [-0.25, -0.2) is 4.98 Å². The van der Waals surface area contributed by atoms with Gasteiger partial charge in [0.25, 0.3) is 0 Å². The molecular formula is C17H18BrN3O. The monoisotopic (exact) mass is 359 g/mol. The van der Waals surface area contributed by atoms with Crippen LogP contribution in [0.15, 0.2) is 64.0 Å². The molecule has 0 radical (unpaired) electrons. The molecule has 0 fully saturated rings. The molecule has 2 aromatic heterocycles. The van der Waals surface area contributed by atoms with Gasteiger partial charge < -0.3 is 14.3 Å². The Morgan fingerprint density at radius 1 is 1.14 bits per heavy atom. The number of rotatable bonds is 7. The van der Waals surface area contributed by atoms with Crippen molar-refractivity contribution >= 4 is 15.9 Å². The lowest BCUT2D eigenvalue weighted by atomic mass is 10.2. The van der Waals surface area contributed by atoms with E-state index in [4.69, 9.17) is 4.42 Å². The molecule has 2 heterocycles. The fourth-order valence-corrected chi connectivity index (χ4v) is 2.52. The van der Waals surface area contributed by atoms with Crippen molar-refractivity contribution in [3.05, 3.63) is 65.4 Å². The minimum absolute atomic E-state index is 0.750. The van der Waals surface area contributed by atoms with Crippen LogP contribution >= 0.6 is 15.9 Å². The Morgan fingerprint density at radius 2 is 2.00 bits per heavy atom. The number of halogens is 1. The first-order valence-electron chi connectivity index (χ1n) is 7.32. The molecule has 0 saturated heterocycles. The maximum Gasteiger partial charge on any atom is 0.134 e. The molecule has 0 amide bonds. The third kappa shape index (κ3) is 4.08. The maximum absolute atomic E-state index is 5.87. The van der Waals surface area contributed by atoms with Crippen molar-refractivity contribution in [3.63, 3.8) is 0 Å². The van der Waals surface area contributed by atoms with Crippen LogP contribution in [-0.4, -0.2) is 16.1 Å². The van der Waals surface area contributed by atoms with E-state index in [1.807, 2.05) is 48.9 Å². The van der Waals surface area contributed by atoms with Crippen LogP contribution in [0.25, 0.3) is 11.3 Å². The largest absolute Gasteiger partial charge is 0.460 e. The minimum atomic E-state index is 0.750. The molecule has 114 valence electrons. The first kappa shape index (κ1) is 15.1. The van der Waals surface area contributed by atoms with Gasteiger partial charge in [-0.15, -0.1) is 0 Å². The van der Waals surface area contributed by atoms with Crippen LogP contribution < -0.4 is 5.32 Å². The van der Waals surface area contributed by atoms with E-state index >= 15 is 0 Å². The zero-order chi connectivity index (χ0) is 15.2. The number of aryl methyl sites for hydroxylation is 1. The summed E-state index contributed by atoms with van der Waals surface area (Å²) < 4.78 is 9.02. The number of hydrogen-bond acceptors (Lipinski definition) is 3. The molecule has 0 aliphatic heterocycles. The van der Waals surface area contributed by atoms with Crippen molar-refractivity contribution in [2.45, 2.75) is 19.5 Å². The Kier molecular flexibility index (Phi) is 5.08. The van der Waals surface area contributed by atoms with Gasteiger partial charge in [-0.05, 0) is 37.2 Å². The number of nitrogens with one attached hydrogen (secondary N) is 1. The second-order valence-electron chi connectivity index (χ2n) is 5.10. The summed E-state index contributed by atoms with van der Waals surface area (Å²) >= 11 is 3.44. The van der Waals surface area contributed by atoms with Gasteiger partial charge in [-0.1, -0.05) is 28.1 Å². The number of aromatic nitrogens is 2. The third-order valence-corrected chi connectivity index (χ3v) is 3.95. The van der Waals surface area contributed by atoms with E-state index < -0.39 is 0 Å². The molecule has 0 aliphatic rings. The topological polar surface area (TPSA) is 43.0 Å². The standard InChI is InChI=1S/C17H18BrN3O/c18-15-4-2-14(3-5-15)17-7-6-16(22-17)12-19-8-1-10-21-11-9-20-13-21/h2-7,9,11,13,19H,1,8,10,12H2. The fourth-order valence-electron chi connectivity index (χ4n) is 2.26. The Balaban J connectivity index is 1.44. The third-order valence-electron chi connectivity index (χ3n) is 3.42. The van der Waals surface area contributed by atoms with E-state index in [2.05, 4.69) is 30.8 Å². The van der Waals surface area contributed by atoms with Crippen LogP contribution in [0.5, 0.6) is 0 Å². The average molecular weight is 360 g/mol. The molecule has 4 nitrogen and oxygen atoms in total. The summed E-state index contributed by atoms with van der Waals surface area (Å²) in [6.07, 6.45) is 6.70. The number of hydrogen-bond donors (Lipinski definition) is 1. The van der Waals surface area contributed by atoms with Crippen LogP contribution in [0.4, 0.5) is 0 Å². The molecule has 0 unspecified atom stereocenters. The second kappa shape index (κ2) is 7.42. The van der Waals surface area contributed by atoms with Gasteiger partial charge in [0.15, 0.2) is 0 Å². The normalized spacial score (nSPS) is 11.0. The van der Waals surface area contributed by atoms with Crippen LogP contribution in [-0.2, 0) is 13.1 Å². The van der Waals surface area contributed by atoms with E-state index in [1.165, 1.54) is 0 Å². The molecule has 3 rings (SSSR count). The quantitative estimate of drug-likeness (QED) is 0.646.